The molecule has 0 spiro atoms. The molecule has 0 aliphatic carbocycles. The van der Waals surface area contributed by atoms with Crippen LogP contribution in [0.3, 0.4) is 0 Å². The number of nitrogens with one attached hydrogen (secondary N) is 1. The summed E-state index contributed by atoms with van der Waals surface area (Å²) in [6.45, 7) is 2.21. The lowest BCUT2D eigenvalue weighted by Gasteiger charge is -2.15. The first-order valence-electron chi connectivity index (χ1n) is 7.54. The first-order valence-corrected chi connectivity index (χ1v) is 7.54. The van der Waals surface area contributed by atoms with Gasteiger partial charge < -0.3 is 31.7 Å². The number of aromatic nitrogens is 1. The van der Waals surface area contributed by atoms with E-state index in [9.17, 15) is 9.59 Å². The number of carbonyl (C=O) groups is 2. The Morgan fingerprint density at radius 3 is 2.75 bits per heavy atom. The smallest absolute Gasteiger partial charge is 0.328 e. The van der Waals surface area contributed by atoms with Gasteiger partial charge in [0.2, 0.25) is 5.89 Å². The summed E-state index contributed by atoms with van der Waals surface area (Å²) in [6.07, 6.45) is 2.63. The van der Waals surface area contributed by atoms with Gasteiger partial charge in [0.05, 0.1) is 13.2 Å². The summed E-state index contributed by atoms with van der Waals surface area (Å²) < 4.78 is 9.86. The van der Waals surface area contributed by atoms with Crippen LogP contribution in [0.5, 0.6) is 0 Å². The minimum Gasteiger partial charge on any atom is -0.467 e. The van der Waals surface area contributed by atoms with Crippen LogP contribution in [0.15, 0.2) is 15.7 Å². The van der Waals surface area contributed by atoms with Crippen molar-refractivity contribution in [2.75, 3.05) is 13.7 Å². The van der Waals surface area contributed by atoms with Gasteiger partial charge in [0.1, 0.15) is 12.3 Å². The van der Waals surface area contributed by atoms with Crippen LogP contribution in [0.2, 0.25) is 0 Å². The van der Waals surface area contributed by atoms with Crippen molar-refractivity contribution >= 4 is 17.8 Å². The minimum atomic E-state index is -0.836. The lowest BCUT2D eigenvalue weighted by molar-refractivity contribution is -0.143. The molecule has 24 heavy (non-hydrogen) atoms. The van der Waals surface area contributed by atoms with Gasteiger partial charge >= 0.3 is 5.97 Å². The molecule has 0 aliphatic rings. The molecule has 0 aliphatic heterocycles. The van der Waals surface area contributed by atoms with Crippen molar-refractivity contribution < 1.29 is 18.7 Å². The van der Waals surface area contributed by atoms with Crippen LogP contribution in [0.25, 0.3) is 0 Å². The highest BCUT2D eigenvalue weighted by Gasteiger charge is 2.24. The molecule has 10 heteroatoms. The van der Waals surface area contributed by atoms with Gasteiger partial charge in [0.15, 0.2) is 11.7 Å². The van der Waals surface area contributed by atoms with Gasteiger partial charge in [-0.2, -0.15) is 0 Å². The van der Waals surface area contributed by atoms with E-state index in [0.29, 0.717) is 25.8 Å². The zero-order chi connectivity index (χ0) is 18.1. The number of hydrogen-bond donors (Lipinski definition) is 4. The maximum atomic E-state index is 12.2. The number of oxazole rings is 1. The fourth-order valence-electron chi connectivity index (χ4n) is 1.86. The molecule has 1 heterocycles. The first kappa shape index (κ1) is 19.4. The van der Waals surface area contributed by atoms with E-state index < -0.39 is 17.9 Å². The van der Waals surface area contributed by atoms with Gasteiger partial charge in [-0.15, -0.1) is 0 Å². The molecule has 1 aromatic rings. The average molecular weight is 340 g/mol. The van der Waals surface area contributed by atoms with Crippen LogP contribution in [0, 0.1) is 0 Å². The van der Waals surface area contributed by atoms with Gasteiger partial charge in [-0.1, -0.05) is 6.92 Å². The maximum absolute atomic E-state index is 12.2. The number of guanidine groups is 1. The van der Waals surface area contributed by atoms with Crippen LogP contribution in [-0.2, 0) is 9.53 Å². The van der Waals surface area contributed by atoms with Crippen LogP contribution in [-0.4, -0.2) is 42.5 Å². The minimum absolute atomic E-state index is 0.0314. The Morgan fingerprint density at radius 2 is 2.17 bits per heavy atom. The Bertz CT molecular complexity index is 582. The molecule has 10 nitrogen and oxygen atoms in total. The normalized spacial score (nSPS) is 13.0. The van der Waals surface area contributed by atoms with E-state index in [4.69, 9.17) is 21.6 Å². The standard InChI is InChI=1S/C14H24N6O4/c1-3-8(15)12-20-10(7-24-12)11(21)19-9(13(22)23-2)5-4-6-18-14(16)17/h7-9H,3-6,15H2,1-2H3,(H,19,21)(H4,16,17,18). The molecule has 1 amide bonds. The summed E-state index contributed by atoms with van der Waals surface area (Å²) in [7, 11) is 1.24. The van der Waals surface area contributed by atoms with Gasteiger partial charge in [-0.05, 0) is 19.3 Å². The van der Waals surface area contributed by atoms with E-state index in [-0.39, 0.29) is 23.6 Å². The van der Waals surface area contributed by atoms with Crippen molar-refractivity contribution in [3.8, 4) is 0 Å². The topological polar surface area (TPSA) is 172 Å². The predicted octanol–water partition coefficient (Wildman–Crippen LogP) is -0.591. The van der Waals surface area contributed by atoms with E-state index in [1.165, 1.54) is 13.4 Å². The van der Waals surface area contributed by atoms with Crippen molar-refractivity contribution in [2.24, 2.45) is 22.2 Å². The monoisotopic (exact) mass is 340 g/mol. The number of hydrogen-bond acceptors (Lipinski definition) is 7. The average Bonchev–Trinajstić information content (AvgIpc) is 3.05. The Balaban J connectivity index is 2.68. The van der Waals surface area contributed by atoms with Crippen molar-refractivity contribution in [1.29, 1.82) is 0 Å². The number of methoxy groups -OCH3 is 1. The third-order valence-electron chi connectivity index (χ3n) is 3.25. The molecule has 0 bridgehead atoms. The summed E-state index contributed by atoms with van der Waals surface area (Å²) in [5, 5.41) is 2.55. The zero-order valence-corrected chi connectivity index (χ0v) is 13.8. The van der Waals surface area contributed by atoms with E-state index in [0.717, 1.165) is 0 Å². The third-order valence-corrected chi connectivity index (χ3v) is 3.25. The molecule has 0 radical (unpaired) electrons. The van der Waals surface area contributed by atoms with Crippen LogP contribution in [0.4, 0.5) is 0 Å². The Hall–Kier alpha value is -2.62. The molecule has 0 aromatic carbocycles. The van der Waals surface area contributed by atoms with Crippen molar-refractivity contribution in [2.45, 2.75) is 38.3 Å². The van der Waals surface area contributed by atoms with E-state index in [1.54, 1.807) is 0 Å². The quantitative estimate of drug-likeness (QED) is 0.200. The first-order chi connectivity index (χ1) is 11.4. The lowest BCUT2D eigenvalue weighted by atomic mass is 10.1. The number of aliphatic imine (C=N–C) groups is 1. The van der Waals surface area contributed by atoms with E-state index in [2.05, 4.69) is 20.0 Å². The van der Waals surface area contributed by atoms with Crippen LogP contribution in [0.1, 0.15) is 48.6 Å². The number of nitrogens with two attached hydrogens (primary N) is 3. The summed E-state index contributed by atoms with van der Waals surface area (Å²) in [4.78, 5) is 31.8. The fraction of sp³-hybridized carbons (Fsp3) is 0.571. The highest BCUT2D eigenvalue weighted by Crippen LogP contribution is 2.13. The number of carbonyl (C=O) groups excluding carboxylic acids is 2. The number of esters is 1. The molecule has 7 N–H and O–H groups in total. The number of nitrogens with zero attached hydrogens (tertiary/aromatic N) is 2. The summed E-state index contributed by atoms with van der Waals surface area (Å²) in [5.41, 5.74) is 16.3. The fourth-order valence-corrected chi connectivity index (χ4v) is 1.86. The second kappa shape index (κ2) is 9.50. The molecule has 1 aromatic heterocycles. The molecular formula is C14H24N6O4. The van der Waals surface area contributed by atoms with Gasteiger partial charge in [-0.25, -0.2) is 9.78 Å². The summed E-state index contributed by atoms with van der Waals surface area (Å²) in [6, 6.07) is -1.22. The summed E-state index contributed by atoms with van der Waals surface area (Å²) >= 11 is 0. The zero-order valence-electron chi connectivity index (χ0n) is 13.8. The van der Waals surface area contributed by atoms with Crippen molar-refractivity contribution in [3.63, 3.8) is 0 Å². The Labute approximate surface area is 139 Å². The Kier molecular flexibility index (Phi) is 7.69. The van der Waals surface area contributed by atoms with Crippen molar-refractivity contribution in [3.05, 3.63) is 17.8 Å². The number of ether oxygens (including phenoxy) is 1. The second-order valence-corrected chi connectivity index (χ2v) is 5.08. The van der Waals surface area contributed by atoms with Crippen LogP contribution < -0.4 is 22.5 Å². The molecular weight excluding hydrogens is 316 g/mol. The largest absolute Gasteiger partial charge is 0.467 e. The molecule has 0 fully saturated rings. The highest BCUT2D eigenvalue weighted by molar-refractivity contribution is 5.94. The molecule has 134 valence electrons. The maximum Gasteiger partial charge on any atom is 0.328 e. The molecule has 0 saturated heterocycles. The predicted molar refractivity (Wildman–Crippen MR) is 86.9 cm³/mol. The molecule has 2 unspecified atom stereocenters. The van der Waals surface area contributed by atoms with Crippen LogP contribution >= 0.6 is 0 Å². The van der Waals surface area contributed by atoms with E-state index in [1.807, 2.05) is 6.92 Å². The van der Waals surface area contributed by atoms with Gasteiger partial charge in [0.25, 0.3) is 5.91 Å². The SMILES string of the molecule is CCC(N)c1nc(C(=O)NC(CCCN=C(N)N)C(=O)OC)co1. The Morgan fingerprint density at radius 1 is 1.46 bits per heavy atom. The molecule has 0 saturated carbocycles. The number of rotatable bonds is 9. The third kappa shape index (κ3) is 5.88. The van der Waals surface area contributed by atoms with Gasteiger partial charge in [-0.3, -0.25) is 9.79 Å². The molecule has 2 atom stereocenters. The highest BCUT2D eigenvalue weighted by atomic mass is 16.5. The molecule has 1 rings (SSSR count). The second-order valence-electron chi connectivity index (χ2n) is 5.08. The lowest BCUT2D eigenvalue weighted by Crippen LogP contribution is -2.41. The van der Waals surface area contributed by atoms with Crippen molar-refractivity contribution in [1.82, 2.24) is 10.3 Å². The summed E-state index contributed by atoms with van der Waals surface area (Å²) in [5.74, 6) is -0.881. The van der Waals surface area contributed by atoms with E-state index >= 15 is 0 Å². The van der Waals surface area contributed by atoms with Gasteiger partial charge in [0, 0.05) is 6.54 Å². The number of amides is 1.